The summed E-state index contributed by atoms with van der Waals surface area (Å²) in [5, 5.41) is 0. The maximum atomic E-state index is 12.3. The number of amides is 1. The molecule has 4 heteroatoms. The molecule has 0 bridgehead atoms. The lowest BCUT2D eigenvalue weighted by Crippen LogP contribution is -2.38. The van der Waals surface area contributed by atoms with Crippen LogP contribution < -0.4 is 9.64 Å². The largest absolute Gasteiger partial charge is 0.472 e. The zero-order valence-electron chi connectivity index (χ0n) is 10.8. The maximum Gasteiger partial charge on any atom is 0.273 e. The first-order valence-electron chi connectivity index (χ1n) is 6.12. The summed E-state index contributed by atoms with van der Waals surface area (Å²) < 4.78 is 5.79. The summed E-state index contributed by atoms with van der Waals surface area (Å²) in [6.07, 6.45) is 1.06. The summed E-state index contributed by atoms with van der Waals surface area (Å²) in [5.74, 6) is 1.10. The van der Waals surface area contributed by atoms with Gasteiger partial charge in [-0.15, -0.1) is 0 Å². The van der Waals surface area contributed by atoms with Gasteiger partial charge in [0.25, 0.3) is 5.91 Å². The Labute approximate surface area is 111 Å². The van der Waals surface area contributed by atoms with Crippen LogP contribution in [0, 0.1) is 6.92 Å². The van der Waals surface area contributed by atoms with Gasteiger partial charge in [-0.3, -0.25) is 9.69 Å². The number of carbonyl (C=O) groups excluding carboxylic acids is 1. The topological polar surface area (TPSA) is 42.4 Å². The van der Waals surface area contributed by atoms with Crippen molar-refractivity contribution >= 4 is 11.7 Å². The van der Waals surface area contributed by atoms with Gasteiger partial charge in [-0.1, -0.05) is 29.8 Å². The van der Waals surface area contributed by atoms with Gasteiger partial charge in [0.05, 0.1) is 0 Å². The highest BCUT2D eigenvalue weighted by molar-refractivity contribution is 5.99. The van der Waals surface area contributed by atoms with Crippen LogP contribution in [0.25, 0.3) is 0 Å². The van der Waals surface area contributed by atoms with Crippen molar-refractivity contribution in [2.24, 2.45) is 0 Å². The van der Waals surface area contributed by atoms with Crippen molar-refractivity contribution in [2.75, 3.05) is 11.9 Å². The van der Waals surface area contributed by atoms with Crippen molar-refractivity contribution in [1.29, 1.82) is 0 Å². The average molecular weight is 254 g/mol. The second kappa shape index (κ2) is 4.39. The Kier molecular flexibility index (Phi) is 2.71. The van der Waals surface area contributed by atoms with E-state index < -0.39 is 6.10 Å². The molecule has 2 heterocycles. The molecule has 0 saturated heterocycles. The first-order valence-corrected chi connectivity index (χ1v) is 6.12. The van der Waals surface area contributed by atoms with Gasteiger partial charge in [-0.25, -0.2) is 4.98 Å². The summed E-state index contributed by atoms with van der Waals surface area (Å²) in [4.78, 5) is 18.1. The first-order chi connectivity index (χ1) is 9.16. The number of pyridine rings is 1. The average Bonchev–Trinajstić information content (AvgIpc) is 2.44. The van der Waals surface area contributed by atoms with E-state index in [2.05, 4.69) is 4.98 Å². The molecule has 96 valence electrons. The number of hydrogen-bond donors (Lipinski definition) is 0. The van der Waals surface area contributed by atoms with Gasteiger partial charge in [-0.2, -0.15) is 0 Å². The quantitative estimate of drug-likeness (QED) is 0.785. The van der Waals surface area contributed by atoms with E-state index in [0.717, 1.165) is 11.1 Å². The fraction of sp³-hybridized carbons (Fsp3) is 0.200. The maximum absolute atomic E-state index is 12.3. The molecule has 1 aliphatic rings. The van der Waals surface area contributed by atoms with Gasteiger partial charge in [0.1, 0.15) is 0 Å². The molecular formula is C15H14N2O2. The molecule has 1 amide bonds. The molecule has 0 radical (unpaired) electrons. The lowest BCUT2D eigenvalue weighted by molar-refractivity contribution is -0.126. The zero-order valence-corrected chi connectivity index (χ0v) is 10.8. The third-order valence-electron chi connectivity index (χ3n) is 3.25. The van der Waals surface area contributed by atoms with E-state index >= 15 is 0 Å². The Morgan fingerprint density at radius 3 is 2.68 bits per heavy atom. The highest BCUT2D eigenvalue weighted by Gasteiger charge is 2.33. The third-order valence-corrected chi connectivity index (χ3v) is 3.25. The van der Waals surface area contributed by atoms with Gasteiger partial charge in [0, 0.05) is 18.8 Å². The Balaban J connectivity index is 2.01. The molecule has 3 rings (SSSR count). The van der Waals surface area contributed by atoms with E-state index in [1.165, 1.54) is 0 Å². The van der Waals surface area contributed by atoms with E-state index in [0.29, 0.717) is 11.6 Å². The summed E-state index contributed by atoms with van der Waals surface area (Å²) >= 11 is 0. The van der Waals surface area contributed by atoms with Crippen LogP contribution in [0.15, 0.2) is 42.6 Å². The minimum atomic E-state index is -0.595. The normalized spacial score (nSPS) is 17.9. The lowest BCUT2D eigenvalue weighted by atomic mass is 10.1. The predicted molar refractivity (Wildman–Crippen MR) is 72.2 cm³/mol. The van der Waals surface area contributed by atoms with Gasteiger partial charge < -0.3 is 4.74 Å². The molecule has 1 aromatic heterocycles. The number of benzene rings is 1. The number of anilines is 1. The van der Waals surface area contributed by atoms with Crippen LogP contribution in [0.2, 0.25) is 0 Å². The van der Waals surface area contributed by atoms with Crippen LogP contribution >= 0.6 is 0 Å². The van der Waals surface area contributed by atoms with Gasteiger partial charge in [0.15, 0.2) is 11.6 Å². The SMILES string of the molecule is Cc1ccc(C2Oc3cccnc3N(C)C2=O)cc1. The highest BCUT2D eigenvalue weighted by Crippen LogP contribution is 2.36. The van der Waals surface area contributed by atoms with Crippen LogP contribution in [0.1, 0.15) is 17.2 Å². The number of aromatic nitrogens is 1. The Hall–Kier alpha value is -2.36. The van der Waals surface area contributed by atoms with Crippen molar-refractivity contribution in [3.8, 4) is 5.75 Å². The van der Waals surface area contributed by atoms with Gasteiger partial charge in [0.2, 0.25) is 6.10 Å². The fourth-order valence-corrected chi connectivity index (χ4v) is 2.14. The number of nitrogens with zero attached hydrogens (tertiary/aromatic N) is 2. The molecule has 0 spiro atoms. The molecule has 1 aromatic carbocycles. The number of ether oxygens (including phenoxy) is 1. The number of carbonyl (C=O) groups is 1. The van der Waals surface area contributed by atoms with Crippen molar-refractivity contribution in [3.63, 3.8) is 0 Å². The third kappa shape index (κ3) is 1.95. The number of hydrogen-bond acceptors (Lipinski definition) is 3. The van der Waals surface area contributed by atoms with Crippen molar-refractivity contribution in [1.82, 2.24) is 4.98 Å². The number of aryl methyl sites for hydroxylation is 1. The highest BCUT2D eigenvalue weighted by atomic mass is 16.5. The standard InChI is InChI=1S/C15H14N2O2/c1-10-5-7-11(8-6-10)13-15(18)17(2)14-12(19-13)4-3-9-16-14/h3-9,13H,1-2H3. The number of fused-ring (bicyclic) bond motifs is 1. The Bertz CT molecular complexity index is 622. The molecule has 0 N–H and O–H groups in total. The minimum Gasteiger partial charge on any atom is -0.472 e. The van der Waals surface area contributed by atoms with Crippen molar-refractivity contribution in [2.45, 2.75) is 13.0 Å². The molecule has 4 nitrogen and oxygen atoms in total. The van der Waals surface area contributed by atoms with E-state index in [1.54, 1.807) is 24.2 Å². The lowest BCUT2D eigenvalue weighted by Gasteiger charge is -2.31. The van der Waals surface area contributed by atoms with E-state index in [4.69, 9.17) is 4.74 Å². The molecular weight excluding hydrogens is 240 g/mol. The summed E-state index contributed by atoms with van der Waals surface area (Å²) in [7, 11) is 1.72. The molecule has 0 fully saturated rings. The van der Waals surface area contributed by atoms with Gasteiger partial charge in [-0.05, 0) is 19.1 Å². The molecule has 2 aromatic rings. The molecule has 1 unspecified atom stereocenters. The zero-order chi connectivity index (χ0) is 13.4. The fourth-order valence-electron chi connectivity index (χ4n) is 2.14. The van der Waals surface area contributed by atoms with Gasteiger partial charge >= 0.3 is 0 Å². The molecule has 19 heavy (non-hydrogen) atoms. The molecule has 0 saturated carbocycles. The first kappa shape index (κ1) is 11.7. The smallest absolute Gasteiger partial charge is 0.273 e. The van der Waals surface area contributed by atoms with E-state index in [1.807, 2.05) is 37.3 Å². The van der Waals surface area contributed by atoms with Crippen LogP contribution in [0.5, 0.6) is 5.75 Å². The van der Waals surface area contributed by atoms with Crippen molar-refractivity contribution < 1.29 is 9.53 Å². The molecule has 0 aliphatic carbocycles. The van der Waals surface area contributed by atoms with E-state index in [9.17, 15) is 4.79 Å². The predicted octanol–water partition coefficient (Wildman–Crippen LogP) is 2.49. The summed E-state index contributed by atoms with van der Waals surface area (Å²) in [6.45, 7) is 2.01. The van der Waals surface area contributed by atoms with E-state index in [-0.39, 0.29) is 5.91 Å². The monoisotopic (exact) mass is 254 g/mol. The number of rotatable bonds is 1. The van der Waals surface area contributed by atoms with Crippen LogP contribution in [-0.2, 0) is 4.79 Å². The van der Waals surface area contributed by atoms with Crippen LogP contribution in [0.4, 0.5) is 5.82 Å². The summed E-state index contributed by atoms with van der Waals surface area (Å²) in [6, 6.07) is 11.4. The van der Waals surface area contributed by atoms with Crippen molar-refractivity contribution in [3.05, 3.63) is 53.7 Å². The Morgan fingerprint density at radius 1 is 1.21 bits per heavy atom. The minimum absolute atomic E-state index is 0.102. The molecule has 1 aliphatic heterocycles. The molecule has 1 atom stereocenters. The number of likely N-dealkylation sites (N-methyl/N-ethyl adjacent to an activating group) is 1. The van der Waals surface area contributed by atoms with Crippen LogP contribution in [0.3, 0.4) is 0 Å². The Morgan fingerprint density at radius 2 is 1.95 bits per heavy atom. The second-order valence-electron chi connectivity index (χ2n) is 4.63. The second-order valence-corrected chi connectivity index (χ2v) is 4.63. The van der Waals surface area contributed by atoms with Crippen LogP contribution in [-0.4, -0.2) is 17.9 Å². The summed E-state index contributed by atoms with van der Waals surface area (Å²) in [5.41, 5.74) is 2.01.